The number of piperazine rings is 1. The highest BCUT2D eigenvalue weighted by atomic mass is 35.5. The van der Waals surface area contributed by atoms with Crippen molar-refractivity contribution in [3.8, 4) is 0 Å². The van der Waals surface area contributed by atoms with Crippen LogP contribution in [0, 0.1) is 0 Å². The molecule has 130 valence electrons. The molecule has 1 amide bonds. The van der Waals surface area contributed by atoms with Crippen LogP contribution in [0.5, 0.6) is 0 Å². The van der Waals surface area contributed by atoms with Gasteiger partial charge in [-0.15, -0.1) is 0 Å². The number of benzene rings is 1. The lowest BCUT2D eigenvalue weighted by atomic mass is 9.91. The molecule has 4 rings (SSSR count). The average molecular weight is 369 g/mol. The number of rotatable bonds is 2. The van der Waals surface area contributed by atoms with Gasteiger partial charge in [0, 0.05) is 18.1 Å². The molecule has 3 aliphatic rings. The third kappa shape index (κ3) is 2.65. The molecule has 0 aromatic heterocycles. The van der Waals surface area contributed by atoms with Crippen LogP contribution in [-0.2, 0) is 21.2 Å². The predicted octanol–water partition coefficient (Wildman–Crippen LogP) is 2.35. The lowest BCUT2D eigenvalue weighted by Crippen LogP contribution is -2.56. The Bertz CT molecular complexity index is 774. The van der Waals surface area contributed by atoms with Gasteiger partial charge < -0.3 is 4.90 Å². The Morgan fingerprint density at radius 3 is 2.67 bits per heavy atom. The fourth-order valence-electron chi connectivity index (χ4n) is 4.25. The van der Waals surface area contributed by atoms with Gasteiger partial charge in [0.25, 0.3) is 0 Å². The number of carbonyl (C=O) groups is 1. The van der Waals surface area contributed by atoms with E-state index in [0.717, 1.165) is 30.4 Å². The molecular formula is C17H21ClN2O3S. The Labute approximate surface area is 147 Å². The molecule has 1 atom stereocenters. The molecule has 2 aliphatic heterocycles. The third-order valence-electron chi connectivity index (χ3n) is 5.56. The second-order valence-corrected chi connectivity index (χ2v) is 9.59. The van der Waals surface area contributed by atoms with Gasteiger partial charge in [-0.3, -0.25) is 4.79 Å². The fraction of sp³-hybridized carbons (Fsp3) is 0.588. The van der Waals surface area contributed by atoms with Crippen LogP contribution in [0.2, 0.25) is 5.02 Å². The molecule has 0 radical (unpaired) electrons. The van der Waals surface area contributed by atoms with E-state index in [9.17, 15) is 13.2 Å². The van der Waals surface area contributed by atoms with Gasteiger partial charge >= 0.3 is 0 Å². The smallest absolute Gasteiger partial charge is 0.238 e. The number of hydrogen-bond donors (Lipinski definition) is 0. The molecule has 1 saturated carbocycles. The largest absolute Gasteiger partial charge is 0.333 e. The standard InChI is InChI=1S/C17H21ClN2O3S/c18-13-6-5-12-7-8-20-16(15(12)9-13)10-19(11-17(20)21)24(22,23)14-3-1-2-4-14/h5-6,9,14,16H,1-4,7-8,10-11H2. The number of halogens is 1. The first-order valence-corrected chi connectivity index (χ1v) is 10.4. The van der Waals surface area contributed by atoms with Crippen LogP contribution < -0.4 is 0 Å². The van der Waals surface area contributed by atoms with Crippen molar-refractivity contribution in [3.05, 3.63) is 34.3 Å². The summed E-state index contributed by atoms with van der Waals surface area (Å²) in [6.45, 7) is 0.971. The maximum Gasteiger partial charge on any atom is 0.238 e. The van der Waals surface area contributed by atoms with E-state index >= 15 is 0 Å². The number of carbonyl (C=O) groups excluding carboxylic acids is 1. The SMILES string of the molecule is O=C1CN(S(=O)(=O)C2CCCC2)CC2c3cc(Cl)ccc3CCN12. The maximum atomic E-state index is 12.9. The quantitative estimate of drug-likeness (QED) is 0.805. The van der Waals surface area contributed by atoms with E-state index in [2.05, 4.69) is 0 Å². The van der Waals surface area contributed by atoms with Crippen LogP contribution in [0.3, 0.4) is 0 Å². The summed E-state index contributed by atoms with van der Waals surface area (Å²) in [7, 11) is -3.41. The number of nitrogens with zero attached hydrogens (tertiary/aromatic N) is 2. The fourth-order valence-corrected chi connectivity index (χ4v) is 6.42. The Kier molecular flexibility index (Phi) is 4.09. The van der Waals surface area contributed by atoms with Crippen LogP contribution in [-0.4, -0.2) is 48.4 Å². The Morgan fingerprint density at radius 1 is 1.17 bits per heavy atom. The highest BCUT2D eigenvalue weighted by molar-refractivity contribution is 7.89. The van der Waals surface area contributed by atoms with E-state index < -0.39 is 10.0 Å². The van der Waals surface area contributed by atoms with Crippen LogP contribution in [0.15, 0.2) is 18.2 Å². The van der Waals surface area contributed by atoms with Crippen molar-refractivity contribution in [2.75, 3.05) is 19.6 Å². The lowest BCUT2D eigenvalue weighted by molar-refractivity contribution is -0.138. The number of sulfonamides is 1. The Morgan fingerprint density at radius 2 is 1.92 bits per heavy atom. The van der Waals surface area contributed by atoms with E-state index in [1.165, 1.54) is 4.31 Å². The van der Waals surface area contributed by atoms with E-state index in [1.54, 1.807) is 0 Å². The van der Waals surface area contributed by atoms with Gasteiger partial charge in [-0.1, -0.05) is 30.5 Å². The first kappa shape index (κ1) is 16.4. The molecule has 1 aromatic carbocycles. The summed E-state index contributed by atoms with van der Waals surface area (Å²) in [5.74, 6) is -0.0987. The molecule has 7 heteroatoms. The van der Waals surface area contributed by atoms with Crippen molar-refractivity contribution in [1.82, 2.24) is 9.21 Å². The summed E-state index contributed by atoms with van der Waals surface area (Å²) in [4.78, 5) is 14.4. The minimum atomic E-state index is -3.41. The molecule has 2 heterocycles. The second kappa shape index (κ2) is 6.00. The zero-order valence-corrected chi connectivity index (χ0v) is 15.0. The van der Waals surface area contributed by atoms with Crippen molar-refractivity contribution in [2.24, 2.45) is 0 Å². The summed E-state index contributed by atoms with van der Waals surface area (Å²) in [5, 5.41) is 0.304. The van der Waals surface area contributed by atoms with E-state index in [1.807, 2.05) is 23.1 Å². The highest BCUT2D eigenvalue weighted by Crippen LogP contribution is 2.37. The molecule has 1 saturated heterocycles. The third-order valence-corrected chi connectivity index (χ3v) is 8.10. The van der Waals surface area contributed by atoms with Crippen molar-refractivity contribution < 1.29 is 13.2 Å². The summed E-state index contributed by atoms with van der Waals surface area (Å²) >= 11 is 6.14. The number of amides is 1. The lowest BCUT2D eigenvalue weighted by Gasteiger charge is -2.44. The monoisotopic (exact) mass is 368 g/mol. The van der Waals surface area contributed by atoms with Crippen LogP contribution in [0.4, 0.5) is 0 Å². The number of hydrogen-bond acceptors (Lipinski definition) is 3. The highest BCUT2D eigenvalue weighted by Gasteiger charge is 2.43. The average Bonchev–Trinajstić information content (AvgIpc) is 3.10. The zero-order chi connectivity index (χ0) is 16.9. The Balaban J connectivity index is 1.67. The van der Waals surface area contributed by atoms with E-state index in [0.29, 0.717) is 31.0 Å². The molecule has 0 spiro atoms. The van der Waals surface area contributed by atoms with Gasteiger partial charge in [0.2, 0.25) is 15.9 Å². The van der Waals surface area contributed by atoms with Crippen LogP contribution >= 0.6 is 11.6 Å². The molecule has 2 fully saturated rings. The molecule has 0 N–H and O–H groups in total. The van der Waals surface area contributed by atoms with Gasteiger partial charge in [-0.25, -0.2) is 8.42 Å². The topological polar surface area (TPSA) is 57.7 Å². The number of fused-ring (bicyclic) bond motifs is 3. The molecular weight excluding hydrogens is 348 g/mol. The van der Waals surface area contributed by atoms with Gasteiger partial charge in [0.1, 0.15) is 0 Å². The van der Waals surface area contributed by atoms with E-state index in [-0.39, 0.29) is 23.7 Å². The normalized spacial score (nSPS) is 25.6. The minimum Gasteiger partial charge on any atom is -0.333 e. The maximum absolute atomic E-state index is 12.9. The molecule has 24 heavy (non-hydrogen) atoms. The van der Waals surface area contributed by atoms with Gasteiger partial charge in [0.05, 0.1) is 17.8 Å². The summed E-state index contributed by atoms with van der Waals surface area (Å²) < 4.78 is 27.3. The summed E-state index contributed by atoms with van der Waals surface area (Å²) in [5.41, 5.74) is 2.15. The Hall–Kier alpha value is -1.11. The molecule has 5 nitrogen and oxygen atoms in total. The summed E-state index contributed by atoms with van der Waals surface area (Å²) in [6.07, 6.45) is 4.14. The van der Waals surface area contributed by atoms with Crippen LogP contribution in [0.25, 0.3) is 0 Å². The first-order valence-electron chi connectivity index (χ1n) is 8.53. The first-order chi connectivity index (χ1) is 11.5. The van der Waals surface area contributed by atoms with Crippen molar-refractivity contribution in [2.45, 2.75) is 43.4 Å². The van der Waals surface area contributed by atoms with Crippen molar-refractivity contribution >= 4 is 27.5 Å². The molecule has 1 aliphatic carbocycles. The molecule has 1 unspecified atom stereocenters. The van der Waals surface area contributed by atoms with Gasteiger partial charge in [0.15, 0.2) is 0 Å². The van der Waals surface area contributed by atoms with Gasteiger partial charge in [-0.05, 0) is 42.5 Å². The van der Waals surface area contributed by atoms with Crippen molar-refractivity contribution in [1.29, 1.82) is 0 Å². The minimum absolute atomic E-state index is 0.0226. The molecule has 1 aromatic rings. The van der Waals surface area contributed by atoms with Crippen molar-refractivity contribution in [3.63, 3.8) is 0 Å². The van der Waals surface area contributed by atoms with Crippen LogP contribution in [0.1, 0.15) is 42.9 Å². The zero-order valence-electron chi connectivity index (χ0n) is 13.4. The summed E-state index contributed by atoms with van der Waals surface area (Å²) in [6, 6.07) is 5.51. The second-order valence-electron chi connectivity index (χ2n) is 6.94. The predicted molar refractivity (Wildman–Crippen MR) is 92.4 cm³/mol. The van der Waals surface area contributed by atoms with E-state index in [4.69, 9.17) is 11.6 Å². The molecule has 0 bridgehead atoms. The van der Waals surface area contributed by atoms with Gasteiger partial charge in [-0.2, -0.15) is 4.31 Å².